The van der Waals surface area contributed by atoms with E-state index in [1.165, 1.54) is 18.5 Å². The quantitative estimate of drug-likeness (QED) is 0.383. The minimum Gasteiger partial charge on any atom is -0.358 e. The van der Waals surface area contributed by atoms with Crippen molar-refractivity contribution < 1.29 is 0 Å². The first kappa shape index (κ1) is 17.0. The lowest BCUT2D eigenvalue weighted by molar-refractivity contribution is 0.828. The second-order valence-electron chi connectivity index (χ2n) is 7.01. The van der Waals surface area contributed by atoms with Crippen LogP contribution in [0.15, 0.2) is 36.7 Å². The van der Waals surface area contributed by atoms with Crippen LogP contribution in [-0.2, 0) is 0 Å². The van der Waals surface area contributed by atoms with Crippen LogP contribution in [0.4, 0.5) is 17.6 Å². The number of H-pyrrole nitrogens is 2. The van der Waals surface area contributed by atoms with E-state index in [9.17, 15) is 0 Å². The molecule has 9 heteroatoms. The molecule has 8 nitrogen and oxygen atoms in total. The highest BCUT2D eigenvalue weighted by molar-refractivity contribution is 6.35. The van der Waals surface area contributed by atoms with Crippen molar-refractivity contribution in [2.75, 3.05) is 10.6 Å². The summed E-state index contributed by atoms with van der Waals surface area (Å²) in [6, 6.07) is 7.69. The molecule has 1 fully saturated rings. The molecule has 28 heavy (non-hydrogen) atoms. The summed E-state index contributed by atoms with van der Waals surface area (Å²) in [5.74, 6) is 2.58. The van der Waals surface area contributed by atoms with Gasteiger partial charge in [0.2, 0.25) is 5.95 Å². The zero-order valence-electron chi connectivity index (χ0n) is 15.2. The first-order valence-electron chi connectivity index (χ1n) is 9.21. The largest absolute Gasteiger partial charge is 0.358 e. The zero-order valence-corrected chi connectivity index (χ0v) is 16.0. The Morgan fingerprint density at radius 3 is 2.93 bits per heavy atom. The Kier molecular flexibility index (Phi) is 4.12. The van der Waals surface area contributed by atoms with Gasteiger partial charge >= 0.3 is 0 Å². The third-order valence-electron chi connectivity index (χ3n) is 4.81. The number of halogens is 1. The second kappa shape index (κ2) is 6.79. The maximum absolute atomic E-state index is 6.18. The van der Waals surface area contributed by atoms with Crippen LogP contribution in [0.5, 0.6) is 0 Å². The van der Waals surface area contributed by atoms with E-state index in [2.05, 4.69) is 40.8 Å². The van der Waals surface area contributed by atoms with Gasteiger partial charge in [0.05, 0.1) is 22.3 Å². The summed E-state index contributed by atoms with van der Waals surface area (Å²) in [7, 11) is 0. The lowest BCUT2D eigenvalue weighted by Gasteiger charge is -2.14. The Hall–Kier alpha value is -3.13. The molecule has 0 bridgehead atoms. The fraction of sp³-hybridized carbons (Fsp3) is 0.263. The number of rotatable bonds is 6. The van der Waals surface area contributed by atoms with Gasteiger partial charge in [0.25, 0.3) is 0 Å². The third kappa shape index (κ3) is 3.38. The van der Waals surface area contributed by atoms with Crippen LogP contribution in [0.25, 0.3) is 11.0 Å². The van der Waals surface area contributed by atoms with Gasteiger partial charge in [0, 0.05) is 30.1 Å². The maximum Gasteiger partial charge on any atom is 0.225 e. The Morgan fingerprint density at radius 2 is 2.07 bits per heavy atom. The summed E-state index contributed by atoms with van der Waals surface area (Å²) in [5, 5.41) is 14.5. The van der Waals surface area contributed by atoms with Crippen molar-refractivity contribution in [1.82, 2.24) is 30.1 Å². The molecule has 0 spiro atoms. The van der Waals surface area contributed by atoms with E-state index in [0.29, 0.717) is 22.7 Å². The highest BCUT2D eigenvalue weighted by Crippen LogP contribution is 2.39. The molecule has 0 aliphatic heterocycles. The molecule has 142 valence electrons. The number of nitrogens with zero attached hydrogens (tertiary/aromatic N) is 4. The normalized spacial score (nSPS) is 14.9. The predicted octanol–water partition coefficient (Wildman–Crippen LogP) is 4.52. The smallest absolute Gasteiger partial charge is 0.225 e. The Labute approximate surface area is 166 Å². The molecular formula is C19H19ClN8. The second-order valence-corrected chi connectivity index (χ2v) is 7.42. The molecule has 1 atom stereocenters. The first-order chi connectivity index (χ1) is 13.7. The van der Waals surface area contributed by atoms with Gasteiger partial charge in [-0.05, 0) is 38.0 Å². The van der Waals surface area contributed by atoms with Gasteiger partial charge in [-0.3, -0.25) is 5.10 Å². The van der Waals surface area contributed by atoms with E-state index < -0.39 is 0 Å². The molecule has 0 amide bonds. The van der Waals surface area contributed by atoms with Gasteiger partial charge in [0.15, 0.2) is 5.82 Å². The van der Waals surface area contributed by atoms with E-state index >= 15 is 0 Å². The summed E-state index contributed by atoms with van der Waals surface area (Å²) < 4.78 is 0. The van der Waals surface area contributed by atoms with Crippen molar-refractivity contribution in [2.24, 2.45) is 0 Å². The fourth-order valence-electron chi connectivity index (χ4n) is 3.12. The van der Waals surface area contributed by atoms with Crippen LogP contribution in [0.3, 0.4) is 0 Å². The van der Waals surface area contributed by atoms with Crippen molar-refractivity contribution in [3.8, 4) is 0 Å². The highest BCUT2D eigenvalue weighted by atomic mass is 35.5. The average Bonchev–Trinajstić information content (AvgIpc) is 3.34. The van der Waals surface area contributed by atoms with Crippen molar-refractivity contribution in [1.29, 1.82) is 0 Å². The van der Waals surface area contributed by atoms with Crippen molar-refractivity contribution in [2.45, 2.75) is 31.7 Å². The lowest BCUT2D eigenvalue weighted by Crippen LogP contribution is -2.11. The van der Waals surface area contributed by atoms with Gasteiger partial charge in [-0.25, -0.2) is 9.97 Å². The monoisotopic (exact) mass is 394 g/mol. The molecule has 0 saturated heterocycles. The molecule has 0 aromatic carbocycles. The number of nitrogens with one attached hydrogen (secondary N) is 4. The molecule has 1 aliphatic carbocycles. The van der Waals surface area contributed by atoms with Crippen molar-refractivity contribution in [3.63, 3.8) is 0 Å². The molecule has 4 aromatic rings. The van der Waals surface area contributed by atoms with Crippen LogP contribution in [0.1, 0.15) is 43.1 Å². The number of anilines is 3. The molecule has 1 unspecified atom stereocenters. The first-order valence-corrected chi connectivity index (χ1v) is 9.59. The SMILES string of the molecule is CC(Nc1nccc(Nc2cc(C3CC3)[nH]n2)n1)c1ccc2[nH]cc(Cl)c2n1. The highest BCUT2D eigenvalue weighted by Gasteiger charge is 2.25. The summed E-state index contributed by atoms with van der Waals surface area (Å²) in [6.07, 6.45) is 5.91. The van der Waals surface area contributed by atoms with Gasteiger partial charge < -0.3 is 15.6 Å². The number of pyridine rings is 1. The molecular weight excluding hydrogens is 376 g/mol. The molecule has 1 aliphatic rings. The lowest BCUT2D eigenvalue weighted by atomic mass is 10.2. The van der Waals surface area contributed by atoms with Crippen LogP contribution >= 0.6 is 11.6 Å². The topological polar surface area (TPSA) is 107 Å². The van der Waals surface area contributed by atoms with Crippen molar-refractivity contribution >= 4 is 40.2 Å². The molecule has 1 saturated carbocycles. The molecule has 4 heterocycles. The number of fused-ring (bicyclic) bond motifs is 1. The van der Waals surface area contributed by atoms with E-state index in [0.717, 1.165) is 22.5 Å². The van der Waals surface area contributed by atoms with Gasteiger partial charge in [-0.15, -0.1) is 0 Å². The van der Waals surface area contributed by atoms with E-state index in [4.69, 9.17) is 11.6 Å². The zero-order chi connectivity index (χ0) is 19.1. The predicted molar refractivity (Wildman–Crippen MR) is 109 cm³/mol. The van der Waals surface area contributed by atoms with E-state index in [-0.39, 0.29) is 6.04 Å². The van der Waals surface area contributed by atoms with Crippen molar-refractivity contribution in [3.05, 3.63) is 53.1 Å². The van der Waals surface area contributed by atoms with E-state index in [1.807, 2.05) is 31.2 Å². The van der Waals surface area contributed by atoms with Gasteiger partial charge in [-0.2, -0.15) is 10.1 Å². The average molecular weight is 395 g/mol. The van der Waals surface area contributed by atoms with Crippen LogP contribution in [-0.4, -0.2) is 30.1 Å². The standard InChI is InChI=1S/C19H19ClN8/c1-10(13-4-5-14-18(24-13)12(20)9-22-14)23-19-21-7-6-16(26-19)25-17-8-15(27-28-17)11-2-3-11/h4-11,22H,2-3H2,1H3,(H3,21,23,25,26,27,28). The third-order valence-corrected chi connectivity index (χ3v) is 5.10. The maximum atomic E-state index is 6.18. The van der Waals surface area contributed by atoms with Gasteiger partial charge in [0.1, 0.15) is 11.3 Å². The summed E-state index contributed by atoms with van der Waals surface area (Å²) in [4.78, 5) is 16.6. The molecule has 5 rings (SSSR count). The Bertz CT molecular complexity index is 1130. The number of hydrogen-bond acceptors (Lipinski definition) is 6. The summed E-state index contributed by atoms with van der Waals surface area (Å²) >= 11 is 6.18. The minimum absolute atomic E-state index is 0.0857. The summed E-state index contributed by atoms with van der Waals surface area (Å²) in [5.41, 5.74) is 3.70. The molecule has 0 radical (unpaired) electrons. The number of hydrogen-bond donors (Lipinski definition) is 4. The number of aromatic amines is 2. The fourth-order valence-corrected chi connectivity index (χ4v) is 3.32. The Balaban J connectivity index is 1.31. The number of aromatic nitrogens is 6. The van der Waals surface area contributed by atoms with Crippen LogP contribution < -0.4 is 10.6 Å². The molecule has 4 aromatic heterocycles. The van der Waals surface area contributed by atoms with E-state index in [1.54, 1.807) is 12.4 Å². The molecule has 4 N–H and O–H groups in total. The Morgan fingerprint density at radius 1 is 1.18 bits per heavy atom. The van der Waals surface area contributed by atoms with Gasteiger partial charge in [-0.1, -0.05) is 11.6 Å². The minimum atomic E-state index is -0.0857. The summed E-state index contributed by atoms with van der Waals surface area (Å²) in [6.45, 7) is 2.01. The van der Waals surface area contributed by atoms with Crippen LogP contribution in [0, 0.1) is 0 Å². The van der Waals surface area contributed by atoms with Crippen LogP contribution in [0.2, 0.25) is 5.02 Å².